The summed E-state index contributed by atoms with van der Waals surface area (Å²) in [6.45, 7) is 7.07. The molecule has 200 valence electrons. The van der Waals surface area contributed by atoms with Gasteiger partial charge in [0.2, 0.25) is 0 Å². The average molecular weight is 514 g/mol. The van der Waals surface area contributed by atoms with E-state index in [2.05, 4.69) is 59.2 Å². The molecule has 4 aromatic rings. The highest BCUT2D eigenvalue weighted by Gasteiger charge is 2.30. The van der Waals surface area contributed by atoms with E-state index in [1.165, 1.54) is 5.56 Å². The molecule has 5 rings (SSSR count). The summed E-state index contributed by atoms with van der Waals surface area (Å²) in [6, 6.07) is 19.5. The van der Waals surface area contributed by atoms with E-state index in [9.17, 15) is 5.11 Å². The van der Waals surface area contributed by atoms with Crippen LogP contribution in [0.15, 0.2) is 66.5 Å². The molecule has 0 radical (unpaired) electrons. The molecule has 0 aliphatic carbocycles. The Morgan fingerprint density at radius 3 is 2.47 bits per heavy atom. The summed E-state index contributed by atoms with van der Waals surface area (Å²) in [4.78, 5) is 4.97. The molecule has 1 unspecified atom stereocenters. The van der Waals surface area contributed by atoms with E-state index in [4.69, 9.17) is 21.3 Å². The van der Waals surface area contributed by atoms with E-state index >= 15 is 0 Å². The number of hydrogen-bond acceptors (Lipinski definition) is 6. The molecule has 1 atom stereocenters. The first-order valence-electron chi connectivity index (χ1n) is 13.4. The van der Waals surface area contributed by atoms with Gasteiger partial charge in [0, 0.05) is 49.5 Å². The summed E-state index contributed by atoms with van der Waals surface area (Å²) >= 11 is 0. The monoisotopic (exact) mass is 513 g/mol. The Hall–Kier alpha value is -3.39. The van der Waals surface area contributed by atoms with Crippen molar-refractivity contribution in [3.63, 3.8) is 0 Å². The third-order valence-corrected chi connectivity index (χ3v) is 7.47. The Labute approximate surface area is 224 Å². The molecule has 0 bridgehead atoms. The van der Waals surface area contributed by atoms with Crippen molar-refractivity contribution < 1.29 is 9.84 Å². The van der Waals surface area contributed by atoms with Crippen molar-refractivity contribution in [3.8, 4) is 0 Å². The Kier molecular flexibility index (Phi) is 7.18. The molecule has 38 heavy (non-hydrogen) atoms. The van der Waals surface area contributed by atoms with Gasteiger partial charge in [-0.3, -0.25) is 4.98 Å². The third-order valence-electron chi connectivity index (χ3n) is 7.47. The minimum atomic E-state index is -0.806. The maximum absolute atomic E-state index is 10.6. The van der Waals surface area contributed by atoms with Gasteiger partial charge in [-0.15, -0.1) is 0 Å². The molecular weight excluding hydrogens is 474 g/mol. The van der Waals surface area contributed by atoms with Gasteiger partial charge in [-0.05, 0) is 62.8 Å². The highest BCUT2D eigenvalue weighted by atomic mass is 16.5. The van der Waals surface area contributed by atoms with Crippen LogP contribution in [0.3, 0.4) is 0 Å². The number of aliphatic hydroxyl groups is 1. The topological polar surface area (TPSA) is 103 Å². The fraction of sp³-hybridized carbons (Fsp3) is 0.387. The zero-order chi connectivity index (χ0) is 27.0. The minimum absolute atomic E-state index is 0.0940. The number of hydrazine groups is 1. The number of aromatic nitrogens is 2. The molecule has 0 spiro atoms. The first kappa shape index (κ1) is 26.2. The number of ether oxygens (including phenoxy) is 1. The number of hydrogen-bond donors (Lipinski definition) is 3. The molecule has 7 heteroatoms. The second kappa shape index (κ2) is 10.4. The quantitative estimate of drug-likeness (QED) is 0.238. The summed E-state index contributed by atoms with van der Waals surface area (Å²) in [7, 11) is 1.79. The van der Waals surface area contributed by atoms with E-state index in [0.717, 1.165) is 64.8 Å². The fourth-order valence-corrected chi connectivity index (χ4v) is 6.01. The van der Waals surface area contributed by atoms with Crippen molar-refractivity contribution in [2.75, 3.05) is 20.3 Å². The molecule has 1 aliphatic rings. The van der Waals surface area contributed by atoms with Crippen LogP contribution in [0.5, 0.6) is 0 Å². The Morgan fingerprint density at radius 1 is 1.13 bits per heavy atom. The van der Waals surface area contributed by atoms with Crippen molar-refractivity contribution in [1.82, 2.24) is 14.6 Å². The van der Waals surface area contributed by atoms with E-state index in [-0.39, 0.29) is 6.04 Å². The zero-order valence-electron chi connectivity index (χ0n) is 22.8. The lowest BCUT2D eigenvalue weighted by molar-refractivity contribution is 0.0552. The summed E-state index contributed by atoms with van der Waals surface area (Å²) in [6.07, 6.45) is 4.39. The SMILES string of the molecule is C/C(N)=C(\c1cnc2c3ccc(CC(C)(C)O)cc3n(C(c3ccccc3)C3CCOCC3)c2c1)N(C)N. The van der Waals surface area contributed by atoms with Crippen LogP contribution in [0.4, 0.5) is 0 Å². The summed E-state index contributed by atoms with van der Waals surface area (Å²) in [5, 5.41) is 13.2. The molecule has 3 heterocycles. The number of benzene rings is 2. The molecule has 0 amide bonds. The number of nitrogens with zero attached hydrogens (tertiary/aromatic N) is 3. The van der Waals surface area contributed by atoms with E-state index in [1.807, 2.05) is 27.0 Å². The maximum Gasteiger partial charge on any atom is 0.0960 e. The van der Waals surface area contributed by atoms with Crippen molar-refractivity contribution >= 4 is 27.6 Å². The van der Waals surface area contributed by atoms with Crippen LogP contribution >= 0.6 is 0 Å². The molecule has 2 aromatic carbocycles. The van der Waals surface area contributed by atoms with Crippen LogP contribution < -0.4 is 11.6 Å². The van der Waals surface area contributed by atoms with E-state index in [1.54, 1.807) is 12.1 Å². The van der Waals surface area contributed by atoms with Crippen molar-refractivity contribution in [2.45, 2.75) is 51.7 Å². The molecule has 1 saturated heterocycles. The van der Waals surface area contributed by atoms with Gasteiger partial charge in [-0.1, -0.05) is 42.5 Å². The lowest BCUT2D eigenvalue weighted by Gasteiger charge is -2.33. The van der Waals surface area contributed by atoms with E-state index < -0.39 is 5.60 Å². The van der Waals surface area contributed by atoms with Gasteiger partial charge in [0.25, 0.3) is 0 Å². The van der Waals surface area contributed by atoms with Crippen LogP contribution in [-0.4, -0.2) is 45.5 Å². The summed E-state index contributed by atoms with van der Waals surface area (Å²) in [5.74, 6) is 6.59. The van der Waals surface area contributed by atoms with Crippen molar-refractivity contribution in [2.24, 2.45) is 17.5 Å². The molecule has 1 aliphatic heterocycles. The molecule has 7 nitrogen and oxygen atoms in total. The number of nitrogens with two attached hydrogens (primary N) is 2. The van der Waals surface area contributed by atoms with Crippen LogP contribution in [0.1, 0.15) is 56.3 Å². The van der Waals surface area contributed by atoms with Crippen LogP contribution in [0.25, 0.3) is 27.6 Å². The highest BCUT2D eigenvalue weighted by Crippen LogP contribution is 2.41. The Bertz CT molecular complexity index is 1460. The normalized spacial score (nSPS) is 16.6. The Morgan fingerprint density at radius 2 is 1.84 bits per heavy atom. The number of allylic oxidation sites excluding steroid dienone is 1. The summed E-state index contributed by atoms with van der Waals surface area (Å²) in [5.41, 5.74) is 13.2. The molecule has 5 N–H and O–H groups in total. The fourth-order valence-electron chi connectivity index (χ4n) is 6.01. The average Bonchev–Trinajstić information content (AvgIpc) is 3.17. The largest absolute Gasteiger partial charge is 0.401 e. The van der Waals surface area contributed by atoms with Gasteiger partial charge >= 0.3 is 0 Å². The van der Waals surface area contributed by atoms with E-state index in [0.29, 0.717) is 18.0 Å². The molecular formula is C31H39N5O2. The van der Waals surface area contributed by atoms with Crippen LogP contribution in [-0.2, 0) is 11.2 Å². The van der Waals surface area contributed by atoms with Gasteiger partial charge in [0.05, 0.1) is 33.9 Å². The third kappa shape index (κ3) is 5.14. The first-order chi connectivity index (χ1) is 18.1. The van der Waals surface area contributed by atoms with Crippen molar-refractivity contribution in [1.29, 1.82) is 0 Å². The predicted octanol–water partition coefficient (Wildman–Crippen LogP) is 4.97. The second-order valence-corrected chi connectivity index (χ2v) is 11.3. The molecule has 1 fully saturated rings. The van der Waals surface area contributed by atoms with Gasteiger partial charge < -0.3 is 25.2 Å². The van der Waals surface area contributed by atoms with Gasteiger partial charge in [0.15, 0.2) is 0 Å². The highest BCUT2D eigenvalue weighted by molar-refractivity contribution is 6.06. The van der Waals surface area contributed by atoms with Crippen LogP contribution in [0.2, 0.25) is 0 Å². The molecule has 0 saturated carbocycles. The predicted molar refractivity (Wildman–Crippen MR) is 154 cm³/mol. The van der Waals surface area contributed by atoms with Crippen molar-refractivity contribution in [3.05, 3.63) is 83.2 Å². The summed E-state index contributed by atoms with van der Waals surface area (Å²) < 4.78 is 8.23. The standard InChI is InChI=1S/C31H39N5O2/c1-20(32)29(35(4)33)24-17-27-28(34-19-24)25-11-10-21(18-31(2,3)37)16-26(25)36(27)30(22-8-6-5-7-9-22)23-12-14-38-15-13-23/h5-11,16-17,19,23,30,37H,12-15,18,32-33H2,1-4H3/b29-20-. The smallest absolute Gasteiger partial charge is 0.0960 e. The first-order valence-corrected chi connectivity index (χ1v) is 13.4. The van der Waals surface area contributed by atoms with Gasteiger partial charge in [-0.25, -0.2) is 5.84 Å². The number of rotatable bonds is 7. The second-order valence-electron chi connectivity index (χ2n) is 11.3. The zero-order valence-corrected chi connectivity index (χ0v) is 22.8. The van der Waals surface area contributed by atoms with Gasteiger partial charge in [-0.2, -0.15) is 0 Å². The number of pyridine rings is 1. The number of fused-ring (bicyclic) bond motifs is 3. The van der Waals surface area contributed by atoms with Crippen LogP contribution in [0, 0.1) is 5.92 Å². The minimum Gasteiger partial charge on any atom is -0.401 e. The molecule has 2 aromatic heterocycles. The lowest BCUT2D eigenvalue weighted by atomic mass is 9.86. The maximum atomic E-state index is 10.6. The van der Waals surface area contributed by atoms with Gasteiger partial charge in [0.1, 0.15) is 0 Å². The Balaban J connectivity index is 1.84. The lowest BCUT2D eigenvalue weighted by Crippen LogP contribution is -2.27.